The van der Waals surface area contributed by atoms with Gasteiger partial charge in [-0.25, -0.2) is 17.6 Å². The van der Waals surface area contributed by atoms with Crippen LogP contribution < -0.4 is 10.6 Å². The fourth-order valence-corrected chi connectivity index (χ4v) is 1.58. The number of carbonyl (C=O) groups is 2. The average Bonchev–Trinajstić information content (AvgIpc) is 2.46. The zero-order valence-electron chi connectivity index (χ0n) is 10.8. The van der Waals surface area contributed by atoms with Crippen molar-refractivity contribution in [3.05, 3.63) is 59.7 Å². The largest absolute Gasteiger partial charge is 0.314 e. The van der Waals surface area contributed by atoms with Crippen molar-refractivity contribution in [1.29, 1.82) is 0 Å². The molecule has 0 saturated carbocycles. The molecule has 22 heavy (non-hydrogen) atoms. The first-order valence-electron chi connectivity index (χ1n) is 5.90. The topological polar surface area (TPSA) is 58.2 Å². The monoisotopic (exact) mass is 312 g/mol. The van der Waals surface area contributed by atoms with Crippen LogP contribution in [0, 0.1) is 23.3 Å². The van der Waals surface area contributed by atoms with Gasteiger partial charge in [-0.05, 0) is 24.3 Å². The Balaban J connectivity index is 2.15. The zero-order chi connectivity index (χ0) is 16.3. The molecule has 2 amide bonds. The molecule has 0 fully saturated rings. The van der Waals surface area contributed by atoms with Crippen molar-refractivity contribution < 1.29 is 27.2 Å². The summed E-state index contributed by atoms with van der Waals surface area (Å²) in [5.41, 5.74) is -1.67. The highest BCUT2D eigenvalue weighted by Gasteiger charge is 2.20. The van der Waals surface area contributed by atoms with Gasteiger partial charge in [0.25, 0.3) is 0 Å². The van der Waals surface area contributed by atoms with Crippen molar-refractivity contribution in [2.45, 2.75) is 0 Å². The second kappa shape index (κ2) is 6.25. The van der Waals surface area contributed by atoms with Gasteiger partial charge in [0.1, 0.15) is 34.6 Å². The van der Waals surface area contributed by atoms with Gasteiger partial charge >= 0.3 is 11.8 Å². The van der Waals surface area contributed by atoms with E-state index in [9.17, 15) is 27.2 Å². The van der Waals surface area contributed by atoms with E-state index in [1.807, 2.05) is 0 Å². The third-order valence-corrected chi connectivity index (χ3v) is 2.61. The summed E-state index contributed by atoms with van der Waals surface area (Å²) in [6.07, 6.45) is 0. The predicted molar refractivity (Wildman–Crippen MR) is 70.0 cm³/mol. The highest BCUT2D eigenvalue weighted by molar-refractivity contribution is 6.43. The standard InChI is InChI=1S/C14H8F4N2O2/c15-7-3-1-4-8(16)11(7)19-13(21)14(22)20-12-9(17)5-2-6-10(12)18/h1-6H,(H,19,21)(H,20,22). The van der Waals surface area contributed by atoms with E-state index in [-0.39, 0.29) is 0 Å². The first-order chi connectivity index (χ1) is 10.4. The summed E-state index contributed by atoms with van der Waals surface area (Å²) in [4.78, 5) is 23.1. The van der Waals surface area contributed by atoms with E-state index < -0.39 is 46.5 Å². The highest BCUT2D eigenvalue weighted by atomic mass is 19.1. The molecule has 0 aromatic heterocycles. The van der Waals surface area contributed by atoms with Crippen LogP contribution in [0.5, 0.6) is 0 Å². The number of hydrogen-bond donors (Lipinski definition) is 2. The first-order valence-corrected chi connectivity index (χ1v) is 5.90. The molecule has 0 heterocycles. The van der Waals surface area contributed by atoms with Crippen LogP contribution in [0.25, 0.3) is 0 Å². The van der Waals surface area contributed by atoms with E-state index in [2.05, 4.69) is 0 Å². The van der Waals surface area contributed by atoms with Gasteiger partial charge in [0, 0.05) is 0 Å². The second-order valence-corrected chi connectivity index (χ2v) is 4.10. The summed E-state index contributed by atoms with van der Waals surface area (Å²) >= 11 is 0. The summed E-state index contributed by atoms with van der Waals surface area (Å²) < 4.78 is 53.3. The summed E-state index contributed by atoms with van der Waals surface area (Å²) in [6, 6.07) is 5.60. The van der Waals surface area contributed by atoms with Gasteiger partial charge in [-0.3, -0.25) is 9.59 Å². The van der Waals surface area contributed by atoms with Crippen molar-refractivity contribution in [3.8, 4) is 0 Å². The summed E-state index contributed by atoms with van der Waals surface area (Å²) in [6.45, 7) is 0. The molecule has 0 bridgehead atoms. The smallest absolute Gasteiger partial charge is 0.313 e. The Kier molecular flexibility index (Phi) is 4.40. The number of rotatable bonds is 2. The molecule has 0 aliphatic heterocycles. The molecule has 0 aliphatic rings. The number of halogens is 4. The van der Waals surface area contributed by atoms with Crippen LogP contribution in [0.3, 0.4) is 0 Å². The molecule has 0 radical (unpaired) electrons. The van der Waals surface area contributed by atoms with Crippen molar-refractivity contribution in [1.82, 2.24) is 0 Å². The van der Waals surface area contributed by atoms with Crippen molar-refractivity contribution in [2.75, 3.05) is 10.6 Å². The molecule has 2 N–H and O–H groups in total. The SMILES string of the molecule is O=C(Nc1c(F)cccc1F)C(=O)Nc1c(F)cccc1F. The van der Waals surface area contributed by atoms with Crippen molar-refractivity contribution >= 4 is 23.2 Å². The molecular weight excluding hydrogens is 304 g/mol. The number of carbonyl (C=O) groups excluding carboxylic acids is 2. The van der Waals surface area contributed by atoms with Crippen LogP contribution in [0.4, 0.5) is 28.9 Å². The second-order valence-electron chi connectivity index (χ2n) is 4.10. The quantitative estimate of drug-likeness (QED) is 0.662. The maximum Gasteiger partial charge on any atom is 0.314 e. The molecule has 114 valence electrons. The molecule has 0 aliphatic carbocycles. The minimum Gasteiger partial charge on any atom is -0.313 e. The number of anilines is 2. The Morgan fingerprint density at radius 3 is 1.18 bits per heavy atom. The molecule has 0 unspecified atom stereocenters. The molecular formula is C14H8F4N2O2. The lowest BCUT2D eigenvalue weighted by molar-refractivity contribution is -0.133. The fourth-order valence-electron chi connectivity index (χ4n) is 1.58. The normalized spacial score (nSPS) is 10.2. The van der Waals surface area contributed by atoms with Gasteiger partial charge in [0.2, 0.25) is 0 Å². The average molecular weight is 312 g/mol. The van der Waals surface area contributed by atoms with Crippen molar-refractivity contribution in [2.24, 2.45) is 0 Å². The number of nitrogens with one attached hydrogen (secondary N) is 2. The van der Waals surface area contributed by atoms with E-state index in [1.165, 1.54) is 0 Å². The predicted octanol–water partition coefficient (Wildman–Crippen LogP) is 2.82. The van der Waals surface area contributed by atoms with E-state index in [4.69, 9.17) is 0 Å². The van der Waals surface area contributed by atoms with Gasteiger partial charge in [0.15, 0.2) is 0 Å². The summed E-state index contributed by atoms with van der Waals surface area (Å²) in [5.74, 6) is -7.36. The molecule has 0 saturated heterocycles. The van der Waals surface area contributed by atoms with E-state index in [0.29, 0.717) is 0 Å². The molecule has 8 heteroatoms. The zero-order valence-corrected chi connectivity index (χ0v) is 10.8. The molecule has 4 nitrogen and oxygen atoms in total. The fraction of sp³-hybridized carbons (Fsp3) is 0. The molecule has 0 atom stereocenters. The van der Waals surface area contributed by atoms with Crippen LogP contribution >= 0.6 is 0 Å². The summed E-state index contributed by atoms with van der Waals surface area (Å²) in [7, 11) is 0. The maximum absolute atomic E-state index is 13.3. The molecule has 0 spiro atoms. The third kappa shape index (κ3) is 3.22. The Morgan fingerprint density at radius 1 is 0.636 bits per heavy atom. The Hall–Kier alpha value is -2.90. The number of hydrogen-bond acceptors (Lipinski definition) is 2. The molecule has 2 rings (SSSR count). The highest BCUT2D eigenvalue weighted by Crippen LogP contribution is 2.19. The minimum atomic E-state index is -1.48. The van der Waals surface area contributed by atoms with Gasteiger partial charge in [-0.1, -0.05) is 12.1 Å². The van der Waals surface area contributed by atoms with Gasteiger partial charge in [-0.15, -0.1) is 0 Å². The Morgan fingerprint density at radius 2 is 0.909 bits per heavy atom. The van der Waals surface area contributed by atoms with E-state index in [0.717, 1.165) is 36.4 Å². The lowest BCUT2D eigenvalue weighted by Crippen LogP contribution is -2.30. The van der Waals surface area contributed by atoms with Crippen LogP contribution in [-0.4, -0.2) is 11.8 Å². The maximum atomic E-state index is 13.3. The molecule has 2 aromatic rings. The minimum absolute atomic E-state index is 0.836. The van der Waals surface area contributed by atoms with Gasteiger partial charge < -0.3 is 10.6 Å². The van der Waals surface area contributed by atoms with Crippen LogP contribution in [0.1, 0.15) is 0 Å². The van der Waals surface area contributed by atoms with E-state index in [1.54, 1.807) is 10.6 Å². The van der Waals surface area contributed by atoms with Crippen LogP contribution in [0.15, 0.2) is 36.4 Å². The number of para-hydroxylation sites is 2. The van der Waals surface area contributed by atoms with Gasteiger partial charge in [-0.2, -0.15) is 0 Å². The van der Waals surface area contributed by atoms with E-state index >= 15 is 0 Å². The van der Waals surface area contributed by atoms with Crippen LogP contribution in [-0.2, 0) is 9.59 Å². The lowest BCUT2D eigenvalue weighted by Gasteiger charge is -2.09. The van der Waals surface area contributed by atoms with Gasteiger partial charge in [0.05, 0.1) is 0 Å². The number of amides is 2. The van der Waals surface area contributed by atoms with Crippen molar-refractivity contribution in [3.63, 3.8) is 0 Å². The Bertz CT molecular complexity index is 646. The first kappa shape index (κ1) is 15.5. The Labute approximate surface area is 121 Å². The summed E-state index contributed by atoms with van der Waals surface area (Å²) in [5, 5.41) is 3.38. The third-order valence-electron chi connectivity index (χ3n) is 2.61. The number of benzene rings is 2. The van der Waals surface area contributed by atoms with Crippen LogP contribution in [0.2, 0.25) is 0 Å². The lowest BCUT2D eigenvalue weighted by atomic mass is 10.2. The molecule has 2 aromatic carbocycles.